The van der Waals surface area contributed by atoms with E-state index in [-0.39, 0.29) is 0 Å². The fourth-order valence-electron chi connectivity index (χ4n) is 3.43. The highest BCUT2D eigenvalue weighted by Gasteiger charge is 2.42. The zero-order valence-corrected chi connectivity index (χ0v) is 15.4. The molecule has 0 radical (unpaired) electrons. The molecule has 0 amide bonds. The summed E-state index contributed by atoms with van der Waals surface area (Å²) in [5.41, 5.74) is 0.312. The Labute approximate surface area is 140 Å². The normalized spacial score (nSPS) is 25.7. The lowest BCUT2D eigenvalue weighted by atomic mass is 9.87. The summed E-state index contributed by atoms with van der Waals surface area (Å²) in [6.07, 6.45) is 4.32. The Morgan fingerprint density at radius 1 is 1.43 bits per heavy atom. The summed E-state index contributed by atoms with van der Waals surface area (Å²) in [7, 11) is -1.30. The van der Waals surface area contributed by atoms with Gasteiger partial charge in [0.05, 0.1) is 12.9 Å². The maximum atomic E-state index is 11.6. The predicted octanol–water partition coefficient (Wildman–Crippen LogP) is 0.346. The van der Waals surface area contributed by atoms with Gasteiger partial charge in [-0.15, -0.1) is 0 Å². The maximum absolute atomic E-state index is 11.6. The first kappa shape index (κ1) is 18.5. The average molecular weight is 346 g/mol. The second-order valence-corrected chi connectivity index (χ2v) is 8.54. The molecule has 2 heterocycles. The molecule has 1 N–H and O–H groups in total. The molecule has 2 aliphatic heterocycles. The van der Waals surface area contributed by atoms with E-state index in [1.807, 2.05) is 6.92 Å². The molecule has 2 rings (SSSR count). The molecule has 7 nitrogen and oxygen atoms in total. The first-order valence-corrected chi connectivity index (χ1v) is 10.2. The molecule has 2 saturated heterocycles. The summed E-state index contributed by atoms with van der Waals surface area (Å²) >= 11 is 0. The van der Waals surface area contributed by atoms with Crippen molar-refractivity contribution in [3.05, 3.63) is 0 Å². The standard InChI is InChI=1S/C15H30N4O3S/c1-4-19(23(3,20)21)9-5-8-17-14(16-2)18-10-6-15(12-18)7-11-22-13-15/h4-13H2,1-3H3,(H,16,17). The van der Waals surface area contributed by atoms with Gasteiger partial charge in [-0.1, -0.05) is 6.92 Å². The number of rotatable bonds is 6. The molecular formula is C15H30N4O3S. The van der Waals surface area contributed by atoms with Crippen LogP contribution < -0.4 is 5.32 Å². The van der Waals surface area contributed by atoms with Crippen molar-refractivity contribution in [2.75, 3.05) is 59.2 Å². The van der Waals surface area contributed by atoms with Gasteiger partial charge in [-0.05, 0) is 19.3 Å². The van der Waals surface area contributed by atoms with Gasteiger partial charge in [-0.3, -0.25) is 4.99 Å². The molecule has 134 valence electrons. The van der Waals surface area contributed by atoms with Crippen LogP contribution in [0.15, 0.2) is 4.99 Å². The largest absolute Gasteiger partial charge is 0.381 e. The van der Waals surface area contributed by atoms with E-state index in [4.69, 9.17) is 4.74 Å². The van der Waals surface area contributed by atoms with Crippen molar-refractivity contribution < 1.29 is 13.2 Å². The Morgan fingerprint density at radius 2 is 2.22 bits per heavy atom. The van der Waals surface area contributed by atoms with Crippen LogP contribution in [0.4, 0.5) is 0 Å². The van der Waals surface area contributed by atoms with Crippen LogP contribution in [0.5, 0.6) is 0 Å². The second-order valence-electron chi connectivity index (χ2n) is 6.56. The van der Waals surface area contributed by atoms with Crippen LogP contribution in [0.2, 0.25) is 0 Å². The molecule has 0 saturated carbocycles. The van der Waals surface area contributed by atoms with Gasteiger partial charge in [0, 0.05) is 51.8 Å². The third-order valence-electron chi connectivity index (χ3n) is 4.82. The lowest BCUT2D eigenvalue weighted by molar-refractivity contribution is 0.156. The van der Waals surface area contributed by atoms with Crippen molar-refractivity contribution in [1.82, 2.24) is 14.5 Å². The number of aliphatic imine (C=N–C) groups is 1. The van der Waals surface area contributed by atoms with Crippen LogP contribution in [0.1, 0.15) is 26.2 Å². The highest BCUT2D eigenvalue weighted by Crippen LogP contribution is 2.38. The minimum atomic E-state index is -3.10. The van der Waals surface area contributed by atoms with E-state index in [2.05, 4.69) is 15.2 Å². The van der Waals surface area contributed by atoms with Gasteiger partial charge >= 0.3 is 0 Å². The number of hydrogen-bond acceptors (Lipinski definition) is 4. The Bertz CT molecular complexity index is 515. The lowest BCUT2D eigenvalue weighted by Gasteiger charge is -2.25. The predicted molar refractivity (Wildman–Crippen MR) is 92.1 cm³/mol. The molecule has 8 heteroatoms. The Kier molecular flexibility index (Phi) is 6.27. The summed E-state index contributed by atoms with van der Waals surface area (Å²) in [6.45, 7) is 7.38. The van der Waals surface area contributed by atoms with E-state index in [9.17, 15) is 8.42 Å². The monoisotopic (exact) mass is 346 g/mol. The van der Waals surface area contributed by atoms with Gasteiger partial charge in [-0.2, -0.15) is 0 Å². The fourth-order valence-corrected chi connectivity index (χ4v) is 4.36. The van der Waals surface area contributed by atoms with Gasteiger partial charge in [0.1, 0.15) is 0 Å². The van der Waals surface area contributed by atoms with Crippen LogP contribution >= 0.6 is 0 Å². The highest BCUT2D eigenvalue weighted by molar-refractivity contribution is 7.88. The van der Waals surface area contributed by atoms with Gasteiger partial charge in [0.15, 0.2) is 5.96 Å². The van der Waals surface area contributed by atoms with Gasteiger partial charge < -0.3 is 15.0 Å². The smallest absolute Gasteiger partial charge is 0.211 e. The van der Waals surface area contributed by atoms with Crippen LogP contribution in [-0.4, -0.2) is 82.8 Å². The SMILES string of the molecule is CCN(CCCNC(=NC)N1CCC2(CCOC2)C1)S(C)(=O)=O. The Morgan fingerprint density at radius 3 is 2.78 bits per heavy atom. The molecule has 1 spiro atoms. The van der Waals surface area contributed by atoms with Crippen LogP contribution in [0.3, 0.4) is 0 Å². The number of guanidine groups is 1. The molecule has 1 unspecified atom stereocenters. The fraction of sp³-hybridized carbons (Fsp3) is 0.933. The molecular weight excluding hydrogens is 316 g/mol. The molecule has 0 aromatic heterocycles. The minimum absolute atomic E-state index is 0.312. The van der Waals surface area contributed by atoms with E-state index in [0.717, 1.165) is 58.1 Å². The maximum Gasteiger partial charge on any atom is 0.211 e. The van der Waals surface area contributed by atoms with Crippen molar-refractivity contribution >= 4 is 16.0 Å². The average Bonchev–Trinajstić information content (AvgIpc) is 3.12. The van der Waals surface area contributed by atoms with E-state index in [1.54, 1.807) is 7.05 Å². The zero-order chi connectivity index (χ0) is 16.9. The summed E-state index contributed by atoms with van der Waals surface area (Å²) in [5.74, 6) is 0.913. The summed E-state index contributed by atoms with van der Waals surface area (Å²) in [5, 5.41) is 3.36. The molecule has 2 aliphatic rings. The van der Waals surface area contributed by atoms with Crippen molar-refractivity contribution in [2.24, 2.45) is 10.4 Å². The molecule has 23 heavy (non-hydrogen) atoms. The minimum Gasteiger partial charge on any atom is -0.381 e. The van der Waals surface area contributed by atoms with Gasteiger partial charge in [-0.25, -0.2) is 12.7 Å². The number of likely N-dealkylation sites (tertiary alicyclic amines) is 1. The number of nitrogens with one attached hydrogen (secondary N) is 1. The van der Waals surface area contributed by atoms with Gasteiger partial charge in [0.25, 0.3) is 0 Å². The first-order valence-electron chi connectivity index (χ1n) is 8.39. The molecule has 0 aromatic rings. The van der Waals surface area contributed by atoms with Crippen LogP contribution in [0.25, 0.3) is 0 Å². The second kappa shape index (κ2) is 7.81. The quantitative estimate of drug-likeness (QED) is 0.427. The van der Waals surface area contributed by atoms with Crippen molar-refractivity contribution in [3.63, 3.8) is 0 Å². The number of ether oxygens (including phenoxy) is 1. The third kappa shape index (κ3) is 4.81. The topological polar surface area (TPSA) is 74.2 Å². The number of nitrogens with zero attached hydrogens (tertiary/aromatic N) is 3. The van der Waals surface area contributed by atoms with Crippen LogP contribution in [0, 0.1) is 5.41 Å². The summed E-state index contributed by atoms with van der Waals surface area (Å²) < 4.78 is 30.2. The molecule has 0 aliphatic carbocycles. The Balaban J connectivity index is 1.76. The lowest BCUT2D eigenvalue weighted by Crippen LogP contribution is -2.42. The number of hydrogen-bond donors (Lipinski definition) is 1. The van der Waals surface area contributed by atoms with Crippen LogP contribution in [-0.2, 0) is 14.8 Å². The molecule has 0 aromatic carbocycles. The molecule has 2 fully saturated rings. The summed E-state index contributed by atoms with van der Waals surface area (Å²) in [4.78, 5) is 6.66. The van der Waals surface area contributed by atoms with E-state index in [0.29, 0.717) is 18.5 Å². The Hall–Kier alpha value is -0.860. The van der Waals surface area contributed by atoms with Crippen molar-refractivity contribution in [1.29, 1.82) is 0 Å². The molecule has 1 atom stereocenters. The van der Waals surface area contributed by atoms with Crippen molar-refractivity contribution in [3.8, 4) is 0 Å². The summed E-state index contributed by atoms with van der Waals surface area (Å²) in [6, 6.07) is 0. The highest BCUT2D eigenvalue weighted by atomic mass is 32.2. The van der Waals surface area contributed by atoms with Gasteiger partial charge in [0.2, 0.25) is 10.0 Å². The first-order chi connectivity index (χ1) is 10.9. The van der Waals surface area contributed by atoms with E-state index < -0.39 is 10.0 Å². The number of sulfonamides is 1. The zero-order valence-electron chi connectivity index (χ0n) is 14.5. The third-order valence-corrected chi connectivity index (χ3v) is 6.20. The molecule has 0 bridgehead atoms. The van der Waals surface area contributed by atoms with Crippen molar-refractivity contribution in [2.45, 2.75) is 26.2 Å². The van der Waals surface area contributed by atoms with E-state index >= 15 is 0 Å². The van der Waals surface area contributed by atoms with E-state index in [1.165, 1.54) is 10.6 Å².